The molecule has 5 heteroatoms. The largest absolute Gasteiger partial charge is 0.315 e. The van der Waals surface area contributed by atoms with Crippen LogP contribution in [-0.4, -0.2) is 28.7 Å². The molecule has 0 spiro atoms. The van der Waals surface area contributed by atoms with Crippen molar-refractivity contribution in [3.05, 3.63) is 10.6 Å². The number of hydrogen-bond acceptors (Lipinski definition) is 5. The van der Waals surface area contributed by atoms with Crippen molar-refractivity contribution in [3.8, 4) is 0 Å². The third kappa shape index (κ3) is 5.57. The van der Waals surface area contributed by atoms with Crippen LogP contribution in [0.25, 0.3) is 0 Å². The first-order chi connectivity index (χ1) is 8.13. The van der Waals surface area contributed by atoms with Crippen LogP contribution in [0.1, 0.15) is 38.3 Å². The average Bonchev–Trinajstić information content (AvgIpc) is 2.73. The molecule has 0 saturated heterocycles. The topological polar surface area (TPSA) is 49.8 Å². The van der Waals surface area contributed by atoms with E-state index in [0.717, 1.165) is 31.7 Å². The fourth-order valence-electron chi connectivity index (χ4n) is 1.56. The molecule has 0 saturated carbocycles. The van der Waals surface area contributed by atoms with Crippen molar-refractivity contribution in [2.24, 2.45) is 5.92 Å². The second-order valence-corrected chi connectivity index (χ2v) is 5.67. The number of rotatable bonds is 8. The van der Waals surface area contributed by atoms with Crippen molar-refractivity contribution in [1.82, 2.24) is 20.2 Å². The highest BCUT2D eigenvalue weighted by Crippen LogP contribution is 2.10. The number of nitrogens with one attached hydrogen (secondary N) is 2. The van der Waals surface area contributed by atoms with Crippen LogP contribution in [0.2, 0.25) is 0 Å². The van der Waals surface area contributed by atoms with E-state index >= 15 is 0 Å². The minimum absolute atomic E-state index is 0.473. The van der Waals surface area contributed by atoms with Crippen LogP contribution in [0.3, 0.4) is 0 Å². The summed E-state index contributed by atoms with van der Waals surface area (Å²) in [6.07, 6.45) is 0.966. The van der Waals surface area contributed by atoms with Crippen LogP contribution in [-0.2, 0) is 13.0 Å². The molecule has 0 bridgehead atoms. The predicted octanol–water partition coefficient (Wildman–Crippen LogP) is 1.82. The zero-order chi connectivity index (χ0) is 12.7. The Balaban J connectivity index is 2.21. The molecule has 0 aliphatic carbocycles. The third-order valence-corrected chi connectivity index (χ3v) is 3.35. The van der Waals surface area contributed by atoms with E-state index in [1.165, 1.54) is 16.4 Å². The van der Waals surface area contributed by atoms with Gasteiger partial charge in [-0.1, -0.05) is 25.3 Å². The highest BCUT2D eigenvalue weighted by atomic mass is 32.1. The maximum absolute atomic E-state index is 4.11. The smallest absolute Gasteiger partial charge is 0.0797 e. The number of aryl methyl sites for hydroxylation is 1. The standard InChI is InChI=1S/C12H24N4S/c1-5-11-12(17-16-15-11)8-14-10(4)7-13-6-9(2)3/h9-10,13-14H,5-8H2,1-4H3. The van der Waals surface area contributed by atoms with Crippen molar-refractivity contribution in [2.45, 2.75) is 46.7 Å². The molecule has 2 N–H and O–H groups in total. The van der Waals surface area contributed by atoms with E-state index in [-0.39, 0.29) is 0 Å². The lowest BCUT2D eigenvalue weighted by Gasteiger charge is -2.15. The summed E-state index contributed by atoms with van der Waals surface area (Å²) in [5.41, 5.74) is 1.13. The summed E-state index contributed by atoms with van der Waals surface area (Å²) in [5.74, 6) is 0.708. The van der Waals surface area contributed by atoms with Gasteiger partial charge < -0.3 is 10.6 Å². The predicted molar refractivity (Wildman–Crippen MR) is 73.3 cm³/mol. The molecule has 1 aromatic heterocycles. The molecular weight excluding hydrogens is 232 g/mol. The molecule has 98 valence electrons. The molecule has 0 fully saturated rings. The lowest BCUT2D eigenvalue weighted by molar-refractivity contribution is 0.473. The molecule has 17 heavy (non-hydrogen) atoms. The quantitative estimate of drug-likeness (QED) is 0.745. The van der Waals surface area contributed by atoms with Gasteiger partial charge in [0, 0.05) is 19.1 Å². The minimum atomic E-state index is 0.473. The Labute approximate surface area is 108 Å². The first-order valence-electron chi connectivity index (χ1n) is 6.37. The molecule has 1 atom stereocenters. The van der Waals surface area contributed by atoms with E-state index in [2.05, 4.69) is 47.9 Å². The Morgan fingerprint density at radius 2 is 2.00 bits per heavy atom. The van der Waals surface area contributed by atoms with Crippen LogP contribution in [0.15, 0.2) is 0 Å². The van der Waals surface area contributed by atoms with E-state index in [1.807, 2.05) is 0 Å². The van der Waals surface area contributed by atoms with Gasteiger partial charge in [0.2, 0.25) is 0 Å². The highest BCUT2D eigenvalue weighted by molar-refractivity contribution is 7.05. The highest BCUT2D eigenvalue weighted by Gasteiger charge is 2.07. The van der Waals surface area contributed by atoms with Crippen LogP contribution in [0.5, 0.6) is 0 Å². The number of aromatic nitrogens is 2. The van der Waals surface area contributed by atoms with Gasteiger partial charge in [-0.05, 0) is 37.3 Å². The fourth-order valence-corrected chi connectivity index (χ4v) is 2.23. The Morgan fingerprint density at radius 1 is 1.24 bits per heavy atom. The average molecular weight is 256 g/mol. The van der Waals surface area contributed by atoms with Crippen LogP contribution in [0, 0.1) is 5.92 Å². The fraction of sp³-hybridized carbons (Fsp3) is 0.833. The van der Waals surface area contributed by atoms with Gasteiger partial charge in [0.1, 0.15) is 0 Å². The van der Waals surface area contributed by atoms with Crippen LogP contribution < -0.4 is 10.6 Å². The molecule has 0 aliphatic heterocycles. The normalized spacial score (nSPS) is 13.2. The van der Waals surface area contributed by atoms with E-state index in [9.17, 15) is 0 Å². The molecular formula is C12H24N4S. The first-order valence-corrected chi connectivity index (χ1v) is 7.15. The SMILES string of the molecule is CCc1nnsc1CNC(C)CNCC(C)C. The summed E-state index contributed by atoms with van der Waals surface area (Å²) in [7, 11) is 0. The van der Waals surface area contributed by atoms with E-state index in [0.29, 0.717) is 12.0 Å². The summed E-state index contributed by atoms with van der Waals surface area (Å²) in [5, 5.41) is 11.1. The molecule has 1 unspecified atom stereocenters. The van der Waals surface area contributed by atoms with Gasteiger partial charge in [-0.3, -0.25) is 0 Å². The van der Waals surface area contributed by atoms with Gasteiger partial charge in [0.15, 0.2) is 0 Å². The van der Waals surface area contributed by atoms with Gasteiger partial charge in [0.25, 0.3) is 0 Å². The van der Waals surface area contributed by atoms with Gasteiger partial charge >= 0.3 is 0 Å². The molecule has 0 amide bonds. The first kappa shape index (κ1) is 14.5. The van der Waals surface area contributed by atoms with Crippen LogP contribution >= 0.6 is 11.5 Å². The summed E-state index contributed by atoms with van der Waals surface area (Å²) < 4.78 is 3.99. The Bertz CT molecular complexity index is 311. The van der Waals surface area contributed by atoms with Crippen molar-refractivity contribution >= 4 is 11.5 Å². The zero-order valence-corrected chi connectivity index (χ0v) is 12.1. The maximum Gasteiger partial charge on any atom is 0.0797 e. The molecule has 4 nitrogen and oxygen atoms in total. The molecule has 1 rings (SSSR count). The van der Waals surface area contributed by atoms with Gasteiger partial charge in [-0.2, -0.15) is 0 Å². The summed E-state index contributed by atoms with van der Waals surface area (Å²) in [4.78, 5) is 1.27. The third-order valence-electron chi connectivity index (χ3n) is 2.58. The van der Waals surface area contributed by atoms with Gasteiger partial charge in [0.05, 0.1) is 10.6 Å². The Hall–Kier alpha value is -0.520. The number of hydrogen-bond donors (Lipinski definition) is 2. The maximum atomic E-state index is 4.11. The summed E-state index contributed by atoms with van der Waals surface area (Å²) in [6, 6.07) is 0.473. The van der Waals surface area contributed by atoms with Crippen LogP contribution in [0.4, 0.5) is 0 Å². The Kier molecular flexibility index (Phi) is 6.62. The number of nitrogens with zero attached hydrogens (tertiary/aromatic N) is 2. The van der Waals surface area contributed by atoms with E-state index in [4.69, 9.17) is 0 Å². The van der Waals surface area contributed by atoms with Crippen molar-refractivity contribution < 1.29 is 0 Å². The molecule has 0 radical (unpaired) electrons. The molecule has 0 aromatic carbocycles. The van der Waals surface area contributed by atoms with E-state index < -0.39 is 0 Å². The lowest BCUT2D eigenvalue weighted by atomic mass is 10.2. The molecule has 1 heterocycles. The van der Waals surface area contributed by atoms with Crippen molar-refractivity contribution in [3.63, 3.8) is 0 Å². The van der Waals surface area contributed by atoms with Gasteiger partial charge in [-0.15, -0.1) is 5.10 Å². The van der Waals surface area contributed by atoms with Crippen molar-refractivity contribution in [1.29, 1.82) is 0 Å². The monoisotopic (exact) mass is 256 g/mol. The summed E-state index contributed by atoms with van der Waals surface area (Å²) in [6.45, 7) is 11.7. The minimum Gasteiger partial charge on any atom is -0.315 e. The lowest BCUT2D eigenvalue weighted by Crippen LogP contribution is -2.37. The zero-order valence-electron chi connectivity index (χ0n) is 11.3. The van der Waals surface area contributed by atoms with E-state index in [1.54, 1.807) is 0 Å². The Morgan fingerprint density at radius 3 is 2.65 bits per heavy atom. The molecule has 1 aromatic rings. The van der Waals surface area contributed by atoms with Crippen molar-refractivity contribution in [2.75, 3.05) is 13.1 Å². The molecule has 0 aliphatic rings. The second kappa shape index (κ2) is 7.74. The second-order valence-electron chi connectivity index (χ2n) is 4.83. The van der Waals surface area contributed by atoms with Gasteiger partial charge in [-0.25, -0.2) is 0 Å². The summed E-state index contributed by atoms with van der Waals surface area (Å²) >= 11 is 1.50.